The highest BCUT2D eigenvalue weighted by atomic mass is 16.9. The second-order valence-corrected chi connectivity index (χ2v) is 6.69. The third kappa shape index (κ3) is 7.00. The summed E-state index contributed by atoms with van der Waals surface area (Å²) in [5.41, 5.74) is -5.22. The number of carbonyl (C=O) groups is 6. The Kier molecular flexibility index (Phi) is 8.64. The SMILES string of the molecule is CCOC(=O)CC(O)(CC(=O)OC1(C)OC(=O)CC(O)(CC=O)C(=O)O1)C(=O)OCC. The predicted octanol–water partition coefficient (Wildman–Crippen LogP) is -1.35. The first-order valence-electron chi connectivity index (χ1n) is 9.21. The molecule has 1 saturated heterocycles. The first-order chi connectivity index (χ1) is 14.3. The molecule has 0 aromatic heterocycles. The molecule has 1 fully saturated rings. The molecule has 31 heavy (non-hydrogen) atoms. The van der Waals surface area contributed by atoms with Crippen LogP contribution in [0.25, 0.3) is 0 Å². The Morgan fingerprint density at radius 2 is 1.68 bits per heavy atom. The van der Waals surface area contributed by atoms with Gasteiger partial charge >= 0.3 is 35.8 Å². The van der Waals surface area contributed by atoms with Gasteiger partial charge in [-0.25, -0.2) is 9.59 Å². The lowest BCUT2D eigenvalue weighted by atomic mass is 9.95. The standard InChI is InChI=1S/C18H24O13/c1-4-27-11(20)8-18(26,14(23)28-5-2)10-13(22)30-16(3)29-12(21)9-17(25,6-7-19)15(24)31-16/h7,25-26H,4-6,8-10H2,1-3H3. The van der Waals surface area contributed by atoms with Gasteiger partial charge in [-0.05, 0) is 13.8 Å². The van der Waals surface area contributed by atoms with E-state index in [1.807, 2.05) is 0 Å². The van der Waals surface area contributed by atoms with Crippen LogP contribution < -0.4 is 0 Å². The third-order valence-corrected chi connectivity index (χ3v) is 3.95. The Bertz CT molecular complexity index is 747. The van der Waals surface area contributed by atoms with Gasteiger partial charge in [-0.3, -0.25) is 14.4 Å². The first-order valence-corrected chi connectivity index (χ1v) is 9.21. The molecule has 0 spiro atoms. The van der Waals surface area contributed by atoms with Gasteiger partial charge < -0.3 is 38.7 Å². The molecule has 0 bridgehead atoms. The lowest BCUT2D eigenvalue weighted by Gasteiger charge is -2.29. The van der Waals surface area contributed by atoms with E-state index in [-0.39, 0.29) is 19.5 Å². The zero-order valence-electron chi connectivity index (χ0n) is 17.2. The van der Waals surface area contributed by atoms with E-state index in [0.29, 0.717) is 0 Å². The van der Waals surface area contributed by atoms with Crippen LogP contribution in [0.3, 0.4) is 0 Å². The molecule has 0 amide bonds. The van der Waals surface area contributed by atoms with Gasteiger partial charge in [0.2, 0.25) is 0 Å². The molecule has 0 radical (unpaired) electrons. The van der Waals surface area contributed by atoms with Gasteiger partial charge in [0.05, 0.1) is 39.4 Å². The van der Waals surface area contributed by atoms with E-state index in [4.69, 9.17) is 14.2 Å². The molecule has 0 aliphatic carbocycles. The van der Waals surface area contributed by atoms with Gasteiger partial charge in [0.25, 0.3) is 0 Å². The molecule has 1 rings (SSSR count). The Morgan fingerprint density at radius 1 is 1.10 bits per heavy atom. The van der Waals surface area contributed by atoms with Crippen molar-refractivity contribution in [1.29, 1.82) is 0 Å². The molecule has 2 N–H and O–H groups in total. The van der Waals surface area contributed by atoms with Gasteiger partial charge in [0, 0.05) is 6.42 Å². The second-order valence-electron chi connectivity index (χ2n) is 6.69. The third-order valence-electron chi connectivity index (χ3n) is 3.95. The minimum absolute atomic E-state index is 0.0597. The lowest BCUT2D eigenvalue weighted by molar-refractivity contribution is -0.319. The number of rotatable bonds is 10. The number of aldehydes is 1. The maximum Gasteiger partial charge on any atom is 0.420 e. The number of ether oxygens (including phenoxy) is 5. The Balaban J connectivity index is 3.03. The highest BCUT2D eigenvalue weighted by molar-refractivity contribution is 5.91. The Hall–Kier alpha value is -3.06. The topological polar surface area (TPSA) is 189 Å². The van der Waals surface area contributed by atoms with Crippen molar-refractivity contribution in [2.75, 3.05) is 13.2 Å². The molecule has 1 aliphatic rings. The molecule has 13 heteroatoms. The van der Waals surface area contributed by atoms with Crippen molar-refractivity contribution in [2.45, 2.75) is 63.6 Å². The number of hydrogen-bond donors (Lipinski definition) is 2. The Morgan fingerprint density at radius 3 is 2.23 bits per heavy atom. The lowest BCUT2D eigenvalue weighted by Crippen LogP contribution is -2.48. The number of hydrogen-bond acceptors (Lipinski definition) is 13. The summed E-state index contributed by atoms with van der Waals surface area (Å²) in [6, 6.07) is 0. The number of cyclic esters (lactones) is 2. The van der Waals surface area contributed by atoms with E-state index in [9.17, 15) is 39.0 Å². The summed E-state index contributed by atoms with van der Waals surface area (Å²) in [4.78, 5) is 70.9. The van der Waals surface area contributed by atoms with Crippen LogP contribution in [0.1, 0.15) is 46.5 Å². The number of aliphatic hydroxyl groups is 2. The van der Waals surface area contributed by atoms with Crippen molar-refractivity contribution in [3.8, 4) is 0 Å². The second kappa shape index (κ2) is 10.3. The fourth-order valence-electron chi connectivity index (χ4n) is 2.58. The summed E-state index contributed by atoms with van der Waals surface area (Å²) in [5, 5.41) is 20.7. The van der Waals surface area contributed by atoms with E-state index in [2.05, 4.69) is 9.47 Å². The van der Waals surface area contributed by atoms with E-state index < -0.39 is 72.7 Å². The molecule has 1 heterocycles. The highest BCUT2D eigenvalue weighted by Gasteiger charge is 2.52. The molecule has 0 aromatic carbocycles. The smallest absolute Gasteiger partial charge is 0.420 e. The first kappa shape index (κ1) is 26.0. The molecule has 3 atom stereocenters. The molecule has 0 aromatic rings. The minimum atomic E-state index is -2.69. The van der Waals surface area contributed by atoms with Crippen molar-refractivity contribution in [1.82, 2.24) is 0 Å². The van der Waals surface area contributed by atoms with E-state index in [0.717, 1.165) is 6.92 Å². The van der Waals surface area contributed by atoms with Crippen LogP contribution in [-0.2, 0) is 52.5 Å². The molecule has 1 aliphatic heterocycles. The normalized spacial score (nSPS) is 25.2. The molecular formula is C18H24O13. The van der Waals surface area contributed by atoms with Crippen LogP contribution in [0.5, 0.6) is 0 Å². The summed E-state index contributed by atoms with van der Waals surface area (Å²) in [6.45, 7) is 3.50. The summed E-state index contributed by atoms with van der Waals surface area (Å²) < 4.78 is 23.6. The maximum absolute atomic E-state index is 12.3. The average molecular weight is 448 g/mol. The van der Waals surface area contributed by atoms with Crippen molar-refractivity contribution in [3.63, 3.8) is 0 Å². The van der Waals surface area contributed by atoms with Crippen molar-refractivity contribution < 1.29 is 62.7 Å². The summed E-state index contributed by atoms with van der Waals surface area (Å²) >= 11 is 0. The fourth-order valence-corrected chi connectivity index (χ4v) is 2.58. The summed E-state index contributed by atoms with van der Waals surface area (Å²) in [6.07, 6.45) is -3.67. The van der Waals surface area contributed by atoms with Gasteiger partial charge in [-0.15, -0.1) is 0 Å². The predicted molar refractivity (Wildman–Crippen MR) is 94.4 cm³/mol. The van der Waals surface area contributed by atoms with Crippen LogP contribution >= 0.6 is 0 Å². The van der Waals surface area contributed by atoms with E-state index in [1.54, 1.807) is 0 Å². The van der Waals surface area contributed by atoms with Crippen molar-refractivity contribution in [3.05, 3.63) is 0 Å². The van der Waals surface area contributed by atoms with Crippen LogP contribution in [0.4, 0.5) is 0 Å². The fraction of sp³-hybridized carbons (Fsp3) is 0.667. The van der Waals surface area contributed by atoms with Crippen LogP contribution in [-0.4, -0.2) is 76.7 Å². The summed E-state index contributed by atoms with van der Waals surface area (Å²) in [7, 11) is 0. The zero-order chi connectivity index (χ0) is 23.9. The largest absolute Gasteiger partial charge is 0.466 e. The summed E-state index contributed by atoms with van der Waals surface area (Å²) in [5.74, 6) is -9.16. The zero-order valence-corrected chi connectivity index (χ0v) is 17.2. The van der Waals surface area contributed by atoms with Crippen LogP contribution in [0.15, 0.2) is 0 Å². The van der Waals surface area contributed by atoms with Crippen LogP contribution in [0, 0.1) is 0 Å². The molecule has 0 saturated carbocycles. The van der Waals surface area contributed by atoms with Gasteiger partial charge in [-0.1, -0.05) is 0 Å². The average Bonchev–Trinajstić information content (AvgIpc) is 2.68. The quantitative estimate of drug-likeness (QED) is 0.227. The van der Waals surface area contributed by atoms with Crippen LogP contribution in [0.2, 0.25) is 0 Å². The maximum atomic E-state index is 12.3. The van der Waals surface area contributed by atoms with Gasteiger partial charge in [-0.2, -0.15) is 0 Å². The van der Waals surface area contributed by atoms with Gasteiger partial charge in [0.15, 0.2) is 11.2 Å². The minimum Gasteiger partial charge on any atom is -0.466 e. The van der Waals surface area contributed by atoms with E-state index >= 15 is 0 Å². The molecule has 3 unspecified atom stereocenters. The monoisotopic (exact) mass is 448 g/mol. The highest BCUT2D eigenvalue weighted by Crippen LogP contribution is 2.30. The van der Waals surface area contributed by atoms with Gasteiger partial charge in [0.1, 0.15) is 6.29 Å². The molecule has 174 valence electrons. The molecular weight excluding hydrogens is 424 g/mol. The number of esters is 5. The number of carbonyl (C=O) groups excluding carboxylic acids is 6. The van der Waals surface area contributed by atoms with Crippen molar-refractivity contribution in [2.24, 2.45) is 0 Å². The molecule has 13 nitrogen and oxygen atoms in total. The Labute approximate surface area is 176 Å². The van der Waals surface area contributed by atoms with E-state index in [1.165, 1.54) is 13.8 Å². The van der Waals surface area contributed by atoms with Crippen molar-refractivity contribution >= 4 is 36.1 Å².